The van der Waals surface area contributed by atoms with Crippen LogP contribution >= 0.6 is 15.9 Å². The van der Waals surface area contributed by atoms with E-state index in [1.807, 2.05) is 0 Å². The average molecular weight is 234 g/mol. The number of benzene rings is 1. The van der Waals surface area contributed by atoms with Crippen molar-refractivity contribution >= 4 is 15.9 Å². The molecule has 3 nitrogen and oxygen atoms in total. The Balaban J connectivity index is 3.00. The Labute approximate surface area is 76.5 Å². The second-order valence-corrected chi connectivity index (χ2v) is 3.06. The molecule has 0 aliphatic heterocycles. The predicted molar refractivity (Wildman–Crippen MR) is 44.8 cm³/mol. The lowest BCUT2D eigenvalue weighted by Gasteiger charge is -1.98. The van der Waals surface area contributed by atoms with Crippen molar-refractivity contribution in [2.45, 2.75) is 6.54 Å². The van der Waals surface area contributed by atoms with Crippen LogP contribution in [0.2, 0.25) is 0 Å². The molecule has 0 aliphatic rings. The van der Waals surface area contributed by atoms with E-state index in [4.69, 9.17) is 0 Å². The summed E-state index contributed by atoms with van der Waals surface area (Å²) in [6, 6.07) is 4.45. The monoisotopic (exact) mass is 233 g/mol. The highest BCUT2D eigenvalue weighted by Gasteiger charge is 2.09. The molecule has 0 atom stereocenters. The van der Waals surface area contributed by atoms with E-state index in [2.05, 4.69) is 15.9 Å². The minimum absolute atomic E-state index is 0.0920. The fourth-order valence-electron chi connectivity index (χ4n) is 0.810. The topological polar surface area (TPSA) is 43.1 Å². The van der Waals surface area contributed by atoms with Gasteiger partial charge < -0.3 is 0 Å². The Kier molecular flexibility index (Phi) is 2.75. The van der Waals surface area contributed by atoms with E-state index < -0.39 is 17.3 Å². The van der Waals surface area contributed by atoms with Crippen molar-refractivity contribution in [1.29, 1.82) is 0 Å². The first-order valence-electron chi connectivity index (χ1n) is 3.16. The number of halogens is 2. The highest BCUT2D eigenvalue weighted by atomic mass is 79.9. The zero-order valence-electron chi connectivity index (χ0n) is 5.96. The van der Waals surface area contributed by atoms with E-state index >= 15 is 0 Å². The number of nitro groups is 1. The lowest BCUT2D eigenvalue weighted by Crippen LogP contribution is -2.00. The summed E-state index contributed by atoms with van der Waals surface area (Å²) < 4.78 is 13.3. The van der Waals surface area contributed by atoms with Crippen LogP contribution in [0.5, 0.6) is 0 Å². The first kappa shape index (κ1) is 9.12. The predicted octanol–water partition coefficient (Wildman–Crippen LogP) is 2.36. The summed E-state index contributed by atoms with van der Waals surface area (Å²) in [5.41, 5.74) is 0.0920. The highest BCUT2D eigenvalue weighted by molar-refractivity contribution is 9.10. The van der Waals surface area contributed by atoms with Crippen LogP contribution in [0.3, 0.4) is 0 Å². The highest BCUT2D eigenvalue weighted by Crippen LogP contribution is 2.18. The zero-order chi connectivity index (χ0) is 9.14. The van der Waals surface area contributed by atoms with Crippen LogP contribution in [-0.4, -0.2) is 4.92 Å². The summed E-state index contributed by atoms with van der Waals surface area (Å²) in [6.45, 7) is -0.481. The van der Waals surface area contributed by atoms with Gasteiger partial charge in [0.1, 0.15) is 5.82 Å². The Bertz CT molecular complexity index is 316. The van der Waals surface area contributed by atoms with Crippen molar-refractivity contribution in [3.8, 4) is 0 Å². The number of hydrogen-bond acceptors (Lipinski definition) is 2. The molecule has 0 spiro atoms. The van der Waals surface area contributed by atoms with E-state index in [9.17, 15) is 14.5 Å². The summed E-state index contributed by atoms with van der Waals surface area (Å²) >= 11 is 2.94. The van der Waals surface area contributed by atoms with Gasteiger partial charge >= 0.3 is 0 Å². The lowest BCUT2D eigenvalue weighted by molar-refractivity contribution is -0.497. The fourth-order valence-corrected chi connectivity index (χ4v) is 1.22. The third-order valence-electron chi connectivity index (χ3n) is 1.33. The largest absolute Gasteiger partial charge is 0.264 e. The van der Waals surface area contributed by atoms with Gasteiger partial charge in [0.15, 0.2) is 0 Å². The SMILES string of the molecule is O=[N+]([O-])Cc1cccc(Br)c1F. The molecule has 0 amide bonds. The normalized spacial score (nSPS) is 9.83. The standard InChI is InChI=1S/C7H5BrFNO2/c8-6-3-1-2-5(7(6)9)4-10(11)12/h1-3H,4H2. The van der Waals surface area contributed by atoms with Crippen LogP contribution < -0.4 is 0 Å². The van der Waals surface area contributed by atoms with E-state index in [1.165, 1.54) is 12.1 Å². The summed E-state index contributed by atoms with van der Waals surface area (Å²) in [5, 5.41) is 10.1. The Hall–Kier alpha value is -0.970. The molecule has 64 valence electrons. The molecular formula is C7H5BrFNO2. The van der Waals surface area contributed by atoms with Crippen LogP contribution in [0.25, 0.3) is 0 Å². The molecule has 0 fully saturated rings. The van der Waals surface area contributed by atoms with Crippen molar-refractivity contribution in [3.05, 3.63) is 44.2 Å². The van der Waals surface area contributed by atoms with Crippen molar-refractivity contribution in [2.75, 3.05) is 0 Å². The van der Waals surface area contributed by atoms with Gasteiger partial charge in [-0.15, -0.1) is 0 Å². The molecule has 0 N–H and O–H groups in total. The number of rotatable bonds is 2. The van der Waals surface area contributed by atoms with Crippen LogP contribution in [-0.2, 0) is 6.54 Å². The molecule has 0 aromatic heterocycles. The molecule has 0 saturated carbocycles. The minimum Gasteiger partial charge on any atom is -0.264 e. The van der Waals surface area contributed by atoms with Gasteiger partial charge in [0.25, 0.3) is 0 Å². The molecular weight excluding hydrogens is 229 g/mol. The number of nitrogens with zero attached hydrogens (tertiary/aromatic N) is 1. The maximum Gasteiger partial charge on any atom is 0.231 e. The quantitative estimate of drug-likeness (QED) is 0.582. The molecule has 0 bridgehead atoms. The summed E-state index contributed by atoms with van der Waals surface area (Å²) in [6.07, 6.45) is 0. The second kappa shape index (κ2) is 3.62. The van der Waals surface area contributed by atoms with Crippen LogP contribution in [0.15, 0.2) is 22.7 Å². The van der Waals surface area contributed by atoms with Crippen LogP contribution in [0.4, 0.5) is 4.39 Å². The first-order chi connectivity index (χ1) is 5.61. The molecule has 1 aromatic rings. The lowest BCUT2D eigenvalue weighted by atomic mass is 10.2. The smallest absolute Gasteiger partial charge is 0.231 e. The van der Waals surface area contributed by atoms with Crippen molar-refractivity contribution in [1.82, 2.24) is 0 Å². The second-order valence-electron chi connectivity index (χ2n) is 2.20. The molecule has 12 heavy (non-hydrogen) atoms. The van der Waals surface area contributed by atoms with E-state index in [0.29, 0.717) is 0 Å². The third kappa shape index (κ3) is 2.01. The molecule has 0 saturated heterocycles. The molecule has 0 aliphatic carbocycles. The summed E-state index contributed by atoms with van der Waals surface area (Å²) in [4.78, 5) is 9.49. The van der Waals surface area contributed by atoms with Gasteiger partial charge in [0.05, 0.1) is 10.0 Å². The average Bonchev–Trinajstić information content (AvgIpc) is 1.98. The van der Waals surface area contributed by atoms with Gasteiger partial charge in [-0.05, 0) is 28.1 Å². The van der Waals surface area contributed by atoms with Gasteiger partial charge in [0.2, 0.25) is 6.54 Å². The Morgan fingerprint density at radius 1 is 1.58 bits per heavy atom. The molecule has 0 heterocycles. The summed E-state index contributed by atoms with van der Waals surface area (Å²) in [5.74, 6) is -0.561. The fraction of sp³-hybridized carbons (Fsp3) is 0.143. The van der Waals surface area contributed by atoms with Crippen molar-refractivity contribution in [2.24, 2.45) is 0 Å². The van der Waals surface area contributed by atoms with E-state index in [-0.39, 0.29) is 10.0 Å². The Morgan fingerprint density at radius 3 is 2.83 bits per heavy atom. The maximum atomic E-state index is 13.0. The first-order valence-corrected chi connectivity index (χ1v) is 3.95. The molecule has 5 heteroatoms. The van der Waals surface area contributed by atoms with Crippen molar-refractivity contribution < 1.29 is 9.31 Å². The van der Waals surface area contributed by atoms with Gasteiger partial charge in [-0.25, -0.2) is 4.39 Å². The summed E-state index contributed by atoms with van der Waals surface area (Å²) in [7, 11) is 0. The van der Waals surface area contributed by atoms with Crippen molar-refractivity contribution in [3.63, 3.8) is 0 Å². The zero-order valence-corrected chi connectivity index (χ0v) is 7.54. The molecule has 1 aromatic carbocycles. The van der Waals surface area contributed by atoms with Gasteiger partial charge in [-0.3, -0.25) is 10.1 Å². The van der Waals surface area contributed by atoms with E-state index in [1.54, 1.807) is 6.07 Å². The third-order valence-corrected chi connectivity index (χ3v) is 1.94. The maximum absolute atomic E-state index is 13.0. The van der Waals surface area contributed by atoms with Gasteiger partial charge in [-0.1, -0.05) is 6.07 Å². The molecule has 1 rings (SSSR count). The van der Waals surface area contributed by atoms with Crippen LogP contribution in [0, 0.1) is 15.9 Å². The van der Waals surface area contributed by atoms with Crippen LogP contribution in [0.1, 0.15) is 5.56 Å². The number of hydrogen-bond donors (Lipinski definition) is 0. The molecule has 0 radical (unpaired) electrons. The van der Waals surface area contributed by atoms with Gasteiger partial charge in [-0.2, -0.15) is 0 Å². The molecule has 0 unspecified atom stereocenters. The Morgan fingerprint density at radius 2 is 2.25 bits per heavy atom. The minimum atomic E-state index is -0.565. The van der Waals surface area contributed by atoms with Gasteiger partial charge in [0, 0.05) is 4.92 Å². The van der Waals surface area contributed by atoms with E-state index in [0.717, 1.165) is 0 Å².